The number of carboxylic acids is 1. The molecular formula is C13H14BrNO4. The fraction of sp³-hybridized carbons (Fsp3) is 0.231. The number of ether oxygens (including phenoxy) is 1. The summed E-state index contributed by atoms with van der Waals surface area (Å²) in [6, 6.07) is 6.17. The van der Waals surface area contributed by atoms with Crippen LogP contribution in [-0.4, -0.2) is 29.8 Å². The van der Waals surface area contributed by atoms with Crippen LogP contribution in [0.5, 0.6) is 0 Å². The lowest BCUT2D eigenvalue weighted by atomic mass is 10.1. The monoisotopic (exact) mass is 327 g/mol. The molecule has 0 aliphatic carbocycles. The van der Waals surface area contributed by atoms with E-state index in [0.717, 1.165) is 10.0 Å². The van der Waals surface area contributed by atoms with E-state index in [1.165, 1.54) is 6.08 Å². The number of carbonyl (C=O) groups excluding carboxylic acids is 1. The van der Waals surface area contributed by atoms with Crippen molar-refractivity contribution in [1.82, 2.24) is 5.32 Å². The third kappa shape index (κ3) is 5.56. The minimum atomic E-state index is -1.11. The van der Waals surface area contributed by atoms with Crippen molar-refractivity contribution in [2.24, 2.45) is 0 Å². The Bertz CT molecular complexity index is 458. The molecular weight excluding hydrogens is 314 g/mol. The molecule has 1 aromatic rings. The van der Waals surface area contributed by atoms with Gasteiger partial charge in [-0.15, -0.1) is 0 Å². The summed E-state index contributed by atoms with van der Waals surface area (Å²) in [6.07, 6.45) is 0.819. The SMILES string of the molecule is C=CCOC(=O)N[C@@H](Cc1ccc(Br)cc1)C(=O)O. The average molecular weight is 328 g/mol. The summed E-state index contributed by atoms with van der Waals surface area (Å²) in [5, 5.41) is 11.4. The summed E-state index contributed by atoms with van der Waals surface area (Å²) in [6.45, 7) is 3.44. The Morgan fingerprint density at radius 2 is 2.05 bits per heavy atom. The van der Waals surface area contributed by atoms with Crippen LogP contribution in [0.25, 0.3) is 0 Å². The molecule has 0 heterocycles. The van der Waals surface area contributed by atoms with E-state index in [2.05, 4.69) is 32.6 Å². The lowest BCUT2D eigenvalue weighted by Crippen LogP contribution is -2.42. The van der Waals surface area contributed by atoms with Crippen molar-refractivity contribution < 1.29 is 19.4 Å². The van der Waals surface area contributed by atoms with Gasteiger partial charge >= 0.3 is 12.1 Å². The van der Waals surface area contributed by atoms with Crippen molar-refractivity contribution in [2.45, 2.75) is 12.5 Å². The van der Waals surface area contributed by atoms with E-state index in [0.29, 0.717) is 0 Å². The summed E-state index contributed by atoms with van der Waals surface area (Å²) >= 11 is 3.29. The fourth-order valence-electron chi connectivity index (χ4n) is 1.37. The van der Waals surface area contributed by atoms with Crippen molar-refractivity contribution in [2.75, 3.05) is 6.61 Å². The number of halogens is 1. The predicted octanol–water partition coefficient (Wildman–Crippen LogP) is 2.36. The predicted molar refractivity (Wildman–Crippen MR) is 74.0 cm³/mol. The lowest BCUT2D eigenvalue weighted by molar-refractivity contribution is -0.139. The summed E-state index contributed by atoms with van der Waals surface area (Å²) in [5.41, 5.74) is 0.805. The molecule has 1 amide bonds. The molecule has 6 heteroatoms. The topological polar surface area (TPSA) is 75.6 Å². The molecule has 0 aromatic heterocycles. The zero-order valence-electron chi connectivity index (χ0n) is 10.1. The molecule has 1 aromatic carbocycles. The number of amides is 1. The smallest absolute Gasteiger partial charge is 0.408 e. The first-order valence-electron chi connectivity index (χ1n) is 5.54. The van der Waals surface area contributed by atoms with Gasteiger partial charge in [-0.1, -0.05) is 40.7 Å². The van der Waals surface area contributed by atoms with Gasteiger partial charge in [0, 0.05) is 10.9 Å². The Hall–Kier alpha value is -1.82. The first kappa shape index (κ1) is 15.2. The summed E-state index contributed by atoms with van der Waals surface area (Å²) in [7, 11) is 0. The maximum atomic E-state index is 11.3. The number of aliphatic carboxylic acids is 1. The first-order valence-corrected chi connectivity index (χ1v) is 6.33. The average Bonchev–Trinajstić information content (AvgIpc) is 2.38. The van der Waals surface area contributed by atoms with Gasteiger partial charge in [-0.25, -0.2) is 9.59 Å². The van der Waals surface area contributed by atoms with Crippen LogP contribution in [0.15, 0.2) is 41.4 Å². The number of hydrogen-bond acceptors (Lipinski definition) is 3. The van der Waals surface area contributed by atoms with E-state index in [1.807, 2.05) is 12.1 Å². The highest BCUT2D eigenvalue weighted by atomic mass is 79.9. The number of rotatable bonds is 6. The largest absolute Gasteiger partial charge is 0.480 e. The van der Waals surface area contributed by atoms with Crippen molar-refractivity contribution in [3.63, 3.8) is 0 Å². The summed E-state index contributed by atoms with van der Waals surface area (Å²) in [5.74, 6) is -1.11. The summed E-state index contributed by atoms with van der Waals surface area (Å²) in [4.78, 5) is 22.4. The maximum Gasteiger partial charge on any atom is 0.408 e. The number of benzene rings is 1. The minimum Gasteiger partial charge on any atom is -0.480 e. The van der Waals surface area contributed by atoms with Crippen LogP contribution in [0.3, 0.4) is 0 Å². The van der Waals surface area contributed by atoms with Crippen LogP contribution in [-0.2, 0) is 16.0 Å². The molecule has 0 aliphatic heterocycles. The summed E-state index contributed by atoms with van der Waals surface area (Å²) < 4.78 is 5.59. The highest BCUT2D eigenvalue weighted by molar-refractivity contribution is 9.10. The molecule has 0 fully saturated rings. The molecule has 0 radical (unpaired) electrons. The molecule has 0 spiro atoms. The van der Waals surface area contributed by atoms with Gasteiger partial charge in [-0.05, 0) is 17.7 Å². The fourth-order valence-corrected chi connectivity index (χ4v) is 1.64. The second-order valence-electron chi connectivity index (χ2n) is 3.75. The number of alkyl carbamates (subject to hydrolysis) is 1. The molecule has 5 nitrogen and oxygen atoms in total. The van der Waals surface area contributed by atoms with Crippen LogP contribution in [0, 0.1) is 0 Å². The Morgan fingerprint density at radius 3 is 2.58 bits per heavy atom. The van der Waals surface area contributed by atoms with Crippen molar-refractivity contribution in [3.8, 4) is 0 Å². The van der Waals surface area contributed by atoms with E-state index < -0.39 is 18.1 Å². The molecule has 0 aliphatic rings. The molecule has 2 N–H and O–H groups in total. The van der Waals surface area contributed by atoms with E-state index in [4.69, 9.17) is 5.11 Å². The molecule has 0 bridgehead atoms. The second-order valence-corrected chi connectivity index (χ2v) is 4.67. The van der Waals surface area contributed by atoms with Gasteiger partial charge < -0.3 is 15.2 Å². The van der Waals surface area contributed by atoms with Crippen LogP contribution in [0.4, 0.5) is 4.79 Å². The van der Waals surface area contributed by atoms with E-state index in [9.17, 15) is 9.59 Å². The Balaban J connectivity index is 2.62. The van der Waals surface area contributed by atoms with Gasteiger partial charge in [0.05, 0.1) is 0 Å². The molecule has 1 rings (SSSR count). The van der Waals surface area contributed by atoms with Crippen molar-refractivity contribution in [1.29, 1.82) is 0 Å². The first-order chi connectivity index (χ1) is 9.02. The van der Waals surface area contributed by atoms with Crippen molar-refractivity contribution in [3.05, 3.63) is 47.0 Å². The third-order valence-electron chi connectivity index (χ3n) is 2.28. The molecule has 102 valence electrons. The molecule has 19 heavy (non-hydrogen) atoms. The third-order valence-corrected chi connectivity index (χ3v) is 2.80. The van der Waals surface area contributed by atoms with Gasteiger partial charge in [0.15, 0.2) is 0 Å². The Morgan fingerprint density at radius 1 is 1.42 bits per heavy atom. The van der Waals surface area contributed by atoms with Crippen LogP contribution in [0.1, 0.15) is 5.56 Å². The van der Waals surface area contributed by atoms with E-state index >= 15 is 0 Å². The van der Waals surface area contributed by atoms with Gasteiger partial charge in [-0.2, -0.15) is 0 Å². The zero-order valence-corrected chi connectivity index (χ0v) is 11.7. The number of carbonyl (C=O) groups is 2. The molecule has 0 saturated heterocycles. The Kier molecular flexibility index (Phi) is 6.08. The number of hydrogen-bond donors (Lipinski definition) is 2. The Labute approximate surface area is 119 Å². The number of nitrogens with one attached hydrogen (secondary N) is 1. The normalized spacial score (nSPS) is 11.4. The lowest BCUT2D eigenvalue weighted by Gasteiger charge is -2.14. The standard InChI is InChI=1S/C13H14BrNO4/c1-2-7-19-13(18)15-11(12(16)17)8-9-3-5-10(14)6-4-9/h2-6,11H,1,7-8H2,(H,15,18)(H,16,17)/t11-/m0/s1. The minimum absolute atomic E-state index is 0.0382. The maximum absolute atomic E-state index is 11.3. The second kappa shape index (κ2) is 7.58. The zero-order chi connectivity index (χ0) is 14.3. The van der Waals surface area contributed by atoms with Gasteiger partial charge in [0.1, 0.15) is 12.6 Å². The molecule has 0 saturated carbocycles. The highest BCUT2D eigenvalue weighted by Crippen LogP contribution is 2.12. The number of carboxylic acid groups (broad SMARTS) is 1. The van der Waals surface area contributed by atoms with Gasteiger partial charge in [-0.3, -0.25) is 0 Å². The van der Waals surface area contributed by atoms with Crippen LogP contribution >= 0.6 is 15.9 Å². The quantitative estimate of drug-likeness (QED) is 0.786. The van der Waals surface area contributed by atoms with E-state index in [1.54, 1.807) is 12.1 Å². The van der Waals surface area contributed by atoms with Gasteiger partial charge in [0.2, 0.25) is 0 Å². The van der Waals surface area contributed by atoms with Crippen LogP contribution in [0.2, 0.25) is 0 Å². The van der Waals surface area contributed by atoms with Crippen LogP contribution < -0.4 is 5.32 Å². The van der Waals surface area contributed by atoms with Crippen molar-refractivity contribution >= 4 is 28.0 Å². The molecule has 1 atom stereocenters. The molecule has 0 unspecified atom stereocenters. The van der Waals surface area contributed by atoms with Gasteiger partial charge in [0.25, 0.3) is 0 Å². The van der Waals surface area contributed by atoms with E-state index in [-0.39, 0.29) is 13.0 Å². The highest BCUT2D eigenvalue weighted by Gasteiger charge is 2.20.